The lowest BCUT2D eigenvalue weighted by molar-refractivity contribution is -0.124. The fourth-order valence-electron chi connectivity index (χ4n) is 3.03. The van der Waals surface area contributed by atoms with Gasteiger partial charge in [-0.3, -0.25) is 4.79 Å². The predicted molar refractivity (Wildman–Crippen MR) is 106 cm³/mol. The van der Waals surface area contributed by atoms with Gasteiger partial charge < -0.3 is 10.2 Å². The third kappa shape index (κ3) is 5.77. The fraction of sp³-hybridized carbons (Fsp3) is 0.611. The number of nitrogens with one attached hydrogen (secondary N) is 2. The van der Waals surface area contributed by atoms with Crippen LogP contribution in [0.4, 0.5) is 0 Å². The molecule has 26 heavy (non-hydrogen) atoms. The van der Waals surface area contributed by atoms with Crippen LogP contribution in [0.15, 0.2) is 33.6 Å². The molecule has 146 valence electrons. The van der Waals surface area contributed by atoms with Gasteiger partial charge in [-0.2, -0.15) is 4.72 Å². The van der Waals surface area contributed by atoms with Crippen LogP contribution in [0, 0.1) is 5.92 Å². The molecule has 2 rings (SSSR count). The molecule has 2 N–H and O–H groups in total. The van der Waals surface area contributed by atoms with Gasteiger partial charge in [-0.25, -0.2) is 8.42 Å². The Morgan fingerprint density at radius 3 is 2.31 bits per heavy atom. The van der Waals surface area contributed by atoms with E-state index in [4.69, 9.17) is 0 Å². The Labute approximate surface area is 164 Å². The molecule has 1 amide bonds. The van der Waals surface area contributed by atoms with E-state index in [1.807, 2.05) is 13.8 Å². The molecular formula is C18H28BrN3O3S. The number of piperidine rings is 1. The number of carbonyl (C=O) groups excluding carboxylic acids is 1. The summed E-state index contributed by atoms with van der Waals surface area (Å²) in [5, 5.41) is 3.03. The zero-order valence-corrected chi connectivity index (χ0v) is 17.9. The summed E-state index contributed by atoms with van der Waals surface area (Å²) >= 11 is 3.29. The first-order valence-electron chi connectivity index (χ1n) is 9.03. The lowest BCUT2D eigenvalue weighted by Gasteiger charge is -2.32. The highest BCUT2D eigenvalue weighted by Crippen LogP contribution is 2.17. The van der Waals surface area contributed by atoms with Crippen LogP contribution in [0.25, 0.3) is 0 Å². The SMILES string of the molecule is CCN1CCC(NC(=O)[C@@H](NS(=O)(=O)c2ccc(Br)cc2)C(C)C)CC1. The van der Waals surface area contributed by atoms with Gasteiger partial charge in [0.15, 0.2) is 0 Å². The summed E-state index contributed by atoms with van der Waals surface area (Å²) in [6, 6.07) is 5.67. The molecule has 6 nitrogen and oxygen atoms in total. The molecule has 0 radical (unpaired) electrons. The minimum absolute atomic E-state index is 0.101. The summed E-state index contributed by atoms with van der Waals surface area (Å²) in [7, 11) is -3.76. The van der Waals surface area contributed by atoms with Crippen LogP contribution in [-0.2, 0) is 14.8 Å². The number of amides is 1. The molecule has 0 spiro atoms. The monoisotopic (exact) mass is 445 g/mol. The highest BCUT2D eigenvalue weighted by molar-refractivity contribution is 9.10. The summed E-state index contributed by atoms with van der Waals surface area (Å²) < 4.78 is 28.6. The van der Waals surface area contributed by atoms with Gasteiger partial charge in [0, 0.05) is 23.6 Å². The Bertz CT molecular complexity index is 699. The molecule has 1 atom stereocenters. The highest BCUT2D eigenvalue weighted by atomic mass is 79.9. The van der Waals surface area contributed by atoms with Gasteiger partial charge in [0.25, 0.3) is 0 Å². The smallest absolute Gasteiger partial charge is 0.241 e. The van der Waals surface area contributed by atoms with E-state index in [0.29, 0.717) is 0 Å². The van der Waals surface area contributed by atoms with Gasteiger partial charge in [0.1, 0.15) is 6.04 Å². The number of sulfonamides is 1. The number of carbonyl (C=O) groups is 1. The van der Waals surface area contributed by atoms with E-state index in [1.165, 1.54) is 12.1 Å². The van der Waals surface area contributed by atoms with E-state index >= 15 is 0 Å². The predicted octanol–water partition coefficient (Wildman–Crippen LogP) is 2.35. The van der Waals surface area contributed by atoms with Crippen molar-refractivity contribution in [2.24, 2.45) is 5.92 Å². The van der Waals surface area contributed by atoms with Crippen molar-refractivity contribution in [1.82, 2.24) is 14.9 Å². The van der Waals surface area contributed by atoms with Gasteiger partial charge in [-0.1, -0.05) is 36.7 Å². The molecule has 0 aliphatic carbocycles. The number of hydrogen-bond donors (Lipinski definition) is 2. The van der Waals surface area contributed by atoms with Crippen molar-refractivity contribution in [3.05, 3.63) is 28.7 Å². The first-order chi connectivity index (χ1) is 12.2. The van der Waals surface area contributed by atoms with Gasteiger partial charge in [-0.15, -0.1) is 0 Å². The van der Waals surface area contributed by atoms with Crippen LogP contribution in [-0.4, -0.2) is 50.9 Å². The Kier molecular flexibility index (Phi) is 7.63. The molecule has 8 heteroatoms. The van der Waals surface area contributed by atoms with E-state index in [1.54, 1.807) is 12.1 Å². The summed E-state index contributed by atoms with van der Waals surface area (Å²) in [6.07, 6.45) is 1.79. The van der Waals surface area contributed by atoms with E-state index in [0.717, 1.165) is 36.9 Å². The first kappa shape index (κ1) is 21.3. The van der Waals surface area contributed by atoms with Crippen LogP contribution >= 0.6 is 15.9 Å². The normalized spacial score (nSPS) is 18.0. The molecule has 1 aromatic rings. The zero-order valence-electron chi connectivity index (χ0n) is 15.5. The second-order valence-electron chi connectivity index (χ2n) is 7.01. The van der Waals surface area contributed by atoms with Crippen molar-refractivity contribution in [3.8, 4) is 0 Å². The average Bonchev–Trinajstić information content (AvgIpc) is 2.60. The van der Waals surface area contributed by atoms with Gasteiger partial charge >= 0.3 is 0 Å². The summed E-state index contributed by atoms with van der Waals surface area (Å²) in [6.45, 7) is 8.74. The Morgan fingerprint density at radius 2 is 1.81 bits per heavy atom. The highest BCUT2D eigenvalue weighted by Gasteiger charge is 2.30. The third-order valence-electron chi connectivity index (χ3n) is 4.74. The minimum Gasteiger partial charge on any atom is -0.352 e. The maximum Gasteiger partial charge on any atom is 0.241 e. The Morgan fingerprint density at radius 1 is 1.23 bits per heavy atom. The number of nitrogens with zero attached hydrogens (tertiary/aromatic N) is 1. The van der Waals surface area contributed by atoms with Crippen molar-refractivity contribution in [2.75, 3.05) is 19.6 Å². The maximum absolute atomic E-state index is 12.7. The zero-order chi connectivity index (χ0) is 19.3. The molecule has 1 aliphatic heterocycles. The topological polar surface area (TPSA) is 78.5 Å². The van der Waals surface area contributed by atoms with E-state index in [-0.39, 0.29) is 22.8 Å². The van der Waals surface area contributed by atoms with Crippen molar-refractivity contribution in [1.29, 1.82) is 0 Å². The third-order valence-corrected chi connectivity index (χ3v) is 6.72. The largest absolute Gasteiger partial charge is 0.352 e. The lowest BCUT2D eigenvalue weighted by Crippen LogP contribution is -2.53. The van der Waals surface area contributed by atoms with E-state index in [9.17, 15) is 13.2 Å². The lowest BCUT2D eigenvalue weighted by atomic mass is 10.0. The first-order valence-corrected chi connectivity index (χ1v) is 11.3. The fourth-order valence-corrected chi connectivity index (χ4v) is 4.63. The molecule has 1 aliphatic rings. The average molecular weight is 446 g/mol. The second-order valence-corrected chi connectivity index (χ2v) is 9.64. The van der Waals surface area contributed by atoms with Crippen LogP contribution in [0.2, 0.25) is 0 Å². The van der Waals surface area contributed by atoms with Crippen LogP contribution < -0.4 is 10.0 Å². The van der Waals surface area contributed by atoms with Crippen molar-refractivity contribution in [3.63, 3.8) is 0 Å². The number of rotatable bonds is 7. The molecule has 0 unspecified atom stereocenters. The number of likely N-dealkylation sites (tertiary alicyclic amines) is 1. The molecule has 1 heterocycles. The van der Waals surface area contributed by atoms with Gasteiger partial charge in [-0.05, 0) is 49.6 Å². The molecule has 0 bridgehead atoms. The van der Waals surface area contributed by atoms with Crippen molar-refractivity contribution in [2.45, 2.75) is 50.6 Å². The molecule has 0 aromatic heterocycles. The van der Waals surface area contributed by atoms with E-state index < -0.39 is 16.1 Å². The molecule has 1 aromatic carbocycles. The Balaban J connectivity index is 2.03. The number of hydrogen-bond acceptors (Lipinski definition) is 4. The molecule has 1 fully saturated rings. The summed E-state index contributed by atoms with van der Waals surface area (Å²) in [4.78, 5) is 15.2. The minimum atomic E-state index is -3.76. The summed E-state index contributed by atoms with van der Waals surface area (Å²) in [5.41, 5.74) is 0. The second kappa shape index (κ2) is 9.30. The van der Waals surface area contributed by atoms with E-state index in [2.05, 4.69) is 37.8 Å². The molecular weight excluding hydrogens is 418 g/mol. The van der Waals surface area contributed by atoms with Gasteiger partial charge in [0.05, 0.1) is 4.90 Å². The van der Waals surface area contributed by atoms with Gasteiger partial charge in [0.2, 0.25) is 15.9 Å². The maximum atomic E-state index is 12.7. The standard InChI is InChI=1S/C18H28BrN3O3S/c1-4-22-11-9-15(10-12-22)20-18(23)17(13(2)3)21-26(24,25)16-7-5-14(19)6-8-16/h5-8,13,15,17,21H,4,9-12H2,1-3H3,(H,20,23)/t17-/m0/s1. The van der Waals surface area contributed by atoms with Crippen LogP contribution in [0.5, 0.6) is 0 Å². The van der Waals surface area contributed by atoms with Crippen molar-refractivity contribution < 1.29 is 13.2 Å². The van der Waals surface area contributed by atoms with Crippen LogP contribution in [0.3, 0.4) is 0 Å². The van der Waals surface area contributed by atoms with Crippen molar-refractivity contribution >= 4 is 31.9 Å². The molecule has 0 saturated carbocycles. The Hall–Kier alpha value is -0.960. The quantitative estimate of drug-likeness (QED) is 0.674. The summed E-state index contributed by atoms with van der Waals surface area (Å²) in [5.74, 6) is -0.411. The van der Waals surface area contributed by atoms with Crippen LogP contribution in [0.1, 0.15) is 33.6 Å². The molecule has 1 saturated heterocycles. The number of benzene rings is 1. The number of halogens is 1.